The number of rotatable bonds is 3. The van der Waals surface area contributed by atoms with Gasteiger partial charge in [-0.25, -0.2) is 0 Å². The Morgan fingerprint density at radius 2 is 1.32 bits per heavy atom. The van der Waals surface area contributed by atoms with Crippen LogP contribution in [0.25, 0.3) is 49.4 Å². The first-order chi connectivity index (χ1) is 19.6. The summed E-state index contributed by atoms with van der Waals surface area (Å²) in [5, 5.41) is 9.13. The molecular weight excluding hydrogens is 483 g/mol. The number of aromatic nitrogens is 1. The Morgan fingerprint density at radius 3 is 2.20 bits per heavy atom. The Morgan fingerprint density at radius 1 is 0.625 bits per heavy atom. The van der Waals surface area contributed by atoms with Gasteiger partial charge in [0.2, 0.25) is 0 Å². The lowest BCUT2D eigenvalue weighted by Crippen LogP contribution is -2.41. The molecule has 2 aliphatic heterocycles. The van der Waals surface area contributed by atoms with Gasteiger partial charge in [-0.2, -0.15) is 0 Å². The highest BCUT2D eigenvalue weighted by Gasteiger charge is 2.39. The van der Waals surface area contributed by atoms with E-state index in [-0.39, 0.29) is 5.41 Å². The van der Waals surface area contributed by atoms with Crippen molar-refractivity contribution in [2.75, 3.05) is 5.32 Å². The number of para-hydroxylation sites is 4. The predicted octanol–water partition coefficient (Wildman–Crippen LogP) is 7.69. The molecule has 3 heteroatoms. The molecule has 40 heavy (non-hydrogen) atoms. The zero-order chi connectivity index (χ0) is 26.6. The molecule has 0 aliphatic carbocycles. The second-order valence-corrected chi connectivity index (χ2v) is 11.8. The Labute approximate surface area is 234 Å². The number of nitrogens with one attached hydrogen (secondary N) is 1. The first-order valence-corrected chi connectivity index (χ1v) is 14.2. The van der Waals surface area contributed by atoms with Crippen molar-refractivity contribution in [3.63, 3.8) is 0 Å². The van der Waals surface area contributed by atoms with Crippen LogP contribution in [-0.4, -0.2) is 11.8 Å². The minimum Gasteiger partial charge on any atom is -0.355 e. The lowest BCUT2D eigenvalue weighted by molar-refractivity contribution is 0.631. The standard InChI is InChI=1S/C37H27BN2/c1-37(2)27-18-10-17-26-32-24-15-7-6-14-23(24)31(25-16-8-9-21-30(25)39-22-12-4-3-5-13-22)33-36(32)40(34(26)27)35-28(37)19-11-20-29(35)38-33/h3-21,38-39H,1-2H3. The van der Waals surface area contributed by atoms with Crippen LogP contribution in [0, 0.1) is 0 Å². The second-order valence-electron chi connectivity index (χ2n) is 11.8. The summed E-state index contributed by atoms with van der Waals surface area (Å²) >= 11 is 0. The van der Waals surface area contributed by atoms with Gasteiger partial charge in [0.1, 0.15) is 0 Å². The summed E-state index contributed by atoms with van der Waals surface area (Å²) in [5.41, 5.74) is 14.6. The van der Waals surface area contributed by atoms with Crippen molar-refractivity contribution in [3.05, 3.63) is 126 Å². The van der Waals surface area contributed by atoms with Crippen molar-refractivity contribution >= 4 is 62.2 Å². The summed E-state index contributed by atoms with van der Waals surface area (Å²) in [6.07, 6.45) is 0. The first-order valence-electron chi connectivity index (χ1n) is 14.2. The second kappa shape index (κ2) is 7.67. The van der Waals surface area contributed by atoms with E-state index in [4.69, 9.17) is 0 Å². The third kappa shape index (κ3) is 2.70. The quantitative estimate of drug-likeness (QED) is 0.241. The van der Waals surface area contributed by atoms with E-state index >= 15 is 0 Å². The maximum absolute atomic E-state index is 3.74. The minimum atomic E-state index is -0.0580. The molecule has 0 saturated carbocycles. The van der Waals surface area contributed by atoms with Gasteiger partial charge in [0, 0.05) is 44.3 Å². The van der Waals surface area contributed by atoms with Crippen molar-refractivity contribution in [1.29, 1.82) is 0 Å². The molecule has 0 spiro atoms. The molecule has 0 radical (unpaired) electrons. The van der Waals surface area contributed by atoms with Crippen molar-refractivity contribution < 1.29 is 0 Å². The van der Waals surface area contributed by atoms with Crippen LogP contribution in [0.4, 0.5) is 11.4 Å². The normalized spacial score (nSPS) is 14.2. The smallest absolute Gasteiger partial charge is 0.198 e. The fourth-order valence-electron chi connectivity index (χ4n) is 7.63. The van der Waals surface area contributed by atoms with Gasteiger partial charge in [-0.05, 0) is 51.1 Å². The van der Waals surface area contributed by atoms with Gasteiger partial charge in [-0.3, -0.25) is 0 Å². The molecule has 6 aromatic carbocycles. The van der Waals surface area contributed by atoms with Gasteiger partial charge in [0.15, 0.2) is 7.28 Å². The van der Waals surface area contributed by atoms with Crippen LogP contribution in [0.15, 0.2) is 115 Å². The average Bonchev–Trinajstić information content (AvgIpc) is 3.34. The lowest BCUT2D eigenvalue weighted by atomic mass is 9.57. The van der Waals surface area contributed by atoms with E-state index in [0.29, 0.717) is 0 Å². The Hall–Kier alpha value is -4.76. The summed E-state index contributed by atoms with van der Waals surface area (Å²) in [6, 6.07) is 42.2. The van der Waals surface area contributed by atoms with Crippen LogP contribution >= 0.6 is 0 Å². The van der Waals surface area contributed by atoms with E-state index in [9.17, 15) is 0 Å². The van der Waals surface area contributed by atoms with Gasteiger partial charge in [0.25, 0.3) is 0 Å². The number of anilines is 2. The summed E-state index contributed by atoms with van der Waals surface area (Å²) < 4.78 is 2.62. The molecule has 0 fully saturated rings. The number of hydrogen-bond donors (Lipinski definition) is 1. The van der Waals surface area contributed by atoms with E-state index in [2.05, 4.69) is 139 Å². The summed E-state index contributed by atoms with van der Waals surface area (Å²) in [5.74, 6) is 0. The fraction of sp³-hybridized carbons (Fsp3) is 0.0811. The molecule has 2 aliphatic rings. The lowest BCUT2D eigenvalue weighted by Gasteiger charge is -2.37. The molecule has 3 heterocycles. The van der Waals surface area contributed by atoms with Crippen molar-refractivity contribution in [2.24, 2.45) is 0 Å². The largest absolute Gasteiger partial charge is 0.355 e. The Balaban J connectivity index is 1.49. The van der Waals surface area contributed by atoms with E-state index in [1.54, 1.807) is 0 Å². The number of nitrogens with zero attached hydrogens (tertiary/aromatic N) is 1. The van der Waals surface area contributed by atoms with Crippen LogP contribution in [0.1, 0.15) is 25.0 Å². The fourth-order valence-corrected chi connectivity index (χ4v) is 7.63. The SMILES string of the molecule is CC1(C)c2cccc3c2-n2c4c1cccc4c1c4ccccc4c(-c4ccccc4Nc4ccccc4)c(c12)B3. The monoisotopic (exact) mass is 510 g/mol. The van der Waals surface area contributed by atoms with Gasteiger partial charge in [-0.15, -0.1) is 0 Å². The zero-order valence-corrected chi connectivity index (χ0v) is 22.6. The molecule has 2 nitrogen and oxygen atoms in total. The van der Waals surface area contributed by atoms with Crippen LogP contribution in [0.5, 0.6) is 0 Å². The van der Waals surface area contributed by atoms with Crippen LogP contribution < -0.4 is 16.2 Å². The maximum atomic E-state index is 3.74. The van der Waals surface area contributed by atoms with Crippen molar-refractivity contribution in [2.45, 2.75) is 19.3 Å². The van der Waals surface area contributed by atoms with Gasteiger partial charge < -0.3 is 9.88 Å². The molecule has 0 saturated heterocycles. The average molecular weight is 510 g/mol. The van der Waals surface area contributed by atoms with Crippen molar-refractivity contribution in [3.8, 4) is 16.8 Å². The summed E-state index contributed by atoms with van der Waals surface area (Å²) in [7, 11) is 0.918. The highest BCUT2D eigenvalue weighted by atomic mass is 15.0. The third-order valence-electron chi connectivity index (χ3n) is 9.35. The van der Waals surface area contributed by atoms with E-state index in [1.165, 1.54) is 71.4 Å². The zero-order valence-electron chi connectivity index (χ0n) is 22.6. The molecule has 1 aromatic heterocycles. The molecule has 0 bridgehead atoms. The molecule has 9 rings (SSSR count). The molecular formula is C37H27BN2. The molecule has 7 aromatic rings. The highest BCUT2D eigenvalue weighted by molar-refractivity contribution is 6.74. The van der Waals surface area contributed by atoms with Gasteiger partial charge in [0.05, 0.1) is 5.52 Å². The minimum absolute atomic E-state index is 0.0580. The molecule has 0 unspecified atom stereocenters. The highest BCUT2D eigenvalue weighted by Crippen LogP contribution is 2.50. The Bertz CT molecular complexity index is 2190. The number of fused-ring (bicyclic) bond motifs is 3. The molecule has 188 valence electrons. The van der Waals surface area contributed by atoms with Crippen LogP contribution in [0.3, 0.4) is 0 Å². The third-order valence-corrected chi connectivity index (χ3v) is 9.35. The molecule has 0 amide bonds. The van der Waals surface area contributed by atoms with Crippen LogP contribution in [-0.2, 0) is 5.41 Å². The number of hydrogen-bond acceptors (Lipinski definition) is 1. The van der Waals surface area contributed by atoms with Crippen LogP contribution in [0.2, 0.25) is 0 Å². The van der Waals surface area contributed by atoms with E-state index < -0.39 is 0 Å². The first kappa shape index (κ1) is 22.1. The van der Waals surface area contributed by atoms with E-state index in [1.807, 2.05) is 0 Å². The summed E-state index contributed by atoms with van der Waals surface area (Å²) in [6.45, 7) is 4.78. The van der Waals surface area contributed by atoms with Crippen molar-refractivity contribution in [1.82, 2.24) is 4.57 Å². The Kier molecular flexibility index (Phi) is 4.24. The maximum Gasteiger partial charge on any atom is 0.198 e. The van der Waals surface area contributed by atoms with E-state index in [0.717, 1.165) is 18.7 Å². The molecule has 1 N–H and O–H groups in total. The van der Waals surface area contributed by atoms with Gasteiger partial charge in [-0.1, -0.05) is 116 Å². The van der Waals surface area contributed by atoms with Gasteiger partial charge >= 0.3 is 0 Å². The number of benzene rings is 6. The molecule has 0 atom stereocenters. The summed E-state index contributed by atoms with van der Waals surface area (Å²) in [4.78, 5) is 0. The predicted molar refractivity (Wildman–Crippen MR) is 172 cm³/mol. The topological polar surface area (TPSA) is 17.0 Å².